The molecule has 1 aliphatic carbocycles. The van der Waals surface area contributed by atoms with Crippen LogP contribution in [0.3, 0.4) is 0 Å². The van der Waals surface area contributed by atoms with E-state index < -0.39 is 0 Å². The van der Waals surface area contributed by atoms with E-state index in [1.165, 1.54) is 17.5 Å². The predicted molar refractivity (Wildman–Crippen MR) is 79.0 cm³/mol. The Kier molecular flexibility index (Phi) is 3.79. The monoisotopic (exact) mass is 271 g/mol. The third kappa shape index (κ3) is 2.73. The van der Waals surface area contributed by atoms with Crippen LogP contribution in [0.2, 0.25) is 0 Å². The van der Waals surface area contributed by atoms with Gasteiger partial charge in [-0.2, -0.15) is 0 Å². The molecular formula is C17H21NO2. The van der Waals surface area contributed by atoms with Crippen LogP contribution in [0.4, 0.5) is 0 Å². The van der Waals surface area contributed by atoms with Crippen LogP contribution in [0.25, 0.3) is 0 Å². The second kappa shape index (κ2) is 5.71. The number of fused-ring (bicyclic) bond motifs is 1. The summed E-state index contributed by atoms with van der Waals surface area (Å²) in [5.74, 6) is 0.885. The fourth-order valence-corrected chi connectivity index (χ4v) is 2.96. The highest BCUT2D eigenvalue weighted by atomic mass is 16.5. The van der Waals surface area contributed by atoms with Gasteiger partial charge in [-0.3, -0.25) is 0 Å². The minimum absolute atomic E-state index is 0.293. The number of aliphatic hydroxyl groups excluding tert-OH is 1. The van der Waals surface area contributed by atoms with E-state index in [0.717, 1.165) is 37.1 Å². The fourth-order valence-electron chi connectivity index (χ4n) is 2.96. The third-order valence-electron chi connectivity index (χ3n) is 4.03. The summed E-state index contributed by atoms with van der Waals surface area (Å²) in [7, 11) is 1.69. The number of ether oxygens (including phenoxy) is 1. The van der Waals surface area contributed by atoms with Crippen molar-refractivity contribution in [1.82, 2.24) is 4.57 Å². The molecule has 0 saturated heterocycles. The molecule has 106 valence electrons. The second-order valence-corrected chi connectivity index (χ2v) is 5.52. The summed E-state index contributed by atoms with van der Waals surface area (Å²) in [5, 5.41) is 10.2. The van der Waals surface area contributed by atoms with Crippen LogP contribution in [-0.2, 0) is 13.0 Å². The average molecular weight is 271 g/mol. The Bertz CT molecular complexity index is 588. The summed E-state index contributed by atoms with van der Waals surface area (Å²) >= 11 is 0. The van der Waals surface area contributed by atoms with Gasteiger partial charge in [0.15, 0.2) is 0 Å². The maximum atomic E-state index is 10.2. The Morgan fingerprint density at radius 3 is 3.05 bits per heavy atom. The SMILES string of the molecule is COc1cccc(Cn2cc3c(c2)C(O)CCCC3)c1. The van der Waals surface area contributed by atoms with Crippen molar-refractivity contribution >= 4 is 0 Å². The van der Waals surface area contributed by atoms with Gasteiger partial charge in [0.25, 0.3) is 0 Å². The highest BCUT2D eigenvalue weighted by molar-refractivity contribution is 5.31. The van der Waals surface area contributed by atoms with Gasteiger partial charge in [0.05, 0.1) is 13.2 Å². The largest absolute Gasteiger partial charge is 0.497 e. The van der Waals surface area contributed by atoms with E-state index >= 15 is 0 Å². The van der Waals surface area contributed by atoms with Gasteiger partial charge in [0.1, 0.15) is 5.75 Å². The average Bonchev–Trinajstić information content (AvgIpc) is 2.78. The molecule has 0 bridgehead atoms. The minimum Gasteiger partial charge on any atom is -0.497 e. The molecule has 1 aliphatic rings. The number of aromatic nitrogens is 1. The molecule has 3 heteroatoms. The van der Waals surface area contributed by atoms with Crippen molar-refractivity contribution in [1.29, 1.82) is 0 Å². The summed E-state index contributed by atoms with van der Waals surface area (Å²) < 4.78 is 7.43. The number of aryl methyl sites for hydroxylation is 1. The highest BCUT2D eigenvalue weighted by Gasteiger charge is 2.18. The van der Waals surface area contributed by atoms with Crippen LogP contribution in [0.5, 0.6) is 5.75 Å². The van der Waals surface area contributed by atoms with Crippen LogP contribution >= 0.6 is 0 Å². The van der Waals surface area contributed by atoms with Crippen molar-refractivity contribution in [2.75, 3.05) is 7.11 Å². The van der Waals surface area contributed by atoms with Gasteiger partial charge in [-0.05, 0) is 42.5 Å². The van der Waals surface area contributed by atoms with Crippen molar-refractivity contribution in [3.8, 4) is 5.75 Å². The topological polar surface area (TPSA) is 34.4 Å². The van der Waals surface area contributed by atoms with Crippen LogP contribution in [0.15, 0.2) is 36.7 Å². The smallest absolute Gasteiger partial charge is 0.119 e. The molecular weight excluding hydrogens is 250 g/mol. The molecule has 0 fully saturated rings. The molecule has 1 atom stereocenters. The Morgan fingerprint density at radius 1 is 1.30 bits per heavy atom. The van der Waals surface area contributed by atoms with E-state index in [0.29, 0.717) is 0 Å². The lowest BCUT2D eigenvalue weighted by molar-refractivity contribution is 0.166. The number of nitrogens with zero attached hydrogens (tertiary/aromatic N) is 1. The summed E-state index contributed by atoms with van der Waals surface area (Å²) in [4.78, 5) is 0. The normalized spacial score (nSPS) is 18.4. The number of rotatable bonds is 3. The molecule has 0 spiro atoms. The van der Waals surface area contributed by atoms with Crippen LogP contribution < -0.4 is 4.74 Å². The first-order valence-electron chi connectivity index (χ1n) is 7.26. The third-order valence-corrected chi connectivity index (χ3v) is 4.03. The summed E-state index contributed by atoms with van der Waals surface area (Å²) in [6, 6.07) is 8.13. The van der Waals surface area contributed by atoms with E-state index in [2.05, 4.69) is 29.1 Å². The molecule has 20 heavy (non-hydrogen) atoms. The van der Waals surface area contributed by atoms with Crippen LogP contribution in [-0.4, -0.2) is 16.8 Å². The number of hydrogen-bond donors (Lipinski definition) is 1. The van der Waals surface area contributed by atoms with Gasteiger partial charge in [0, 0.05) is 24.5 Å². The highest BCUT2D eigenvalue weighted by Crippen LogP contribution is 2.29. The van der Waals surface area contributed by atoms with Gasteiger partial charge in [0.2, 0.25) is 0 Å². The van der Waals surface area contributed by atoms with Gasteiger partial charge >= 0.3 is 0 Å². The Morgan fingerprint density at radius 2 is 2.20 bits per heavy atom. The maximum Gasteiger partial charge on any atom is 0.119 e. The zero-order chi connectivity index (χ0) is 13.9. The van der Waals surface area contributed by atoms with Gasteiger partial charge in [-0.15, -0.1) is 0 Å². The summed E-state index contributed by atoms with van der Waals surface area (Å²) in [6.07, 6.45) is 8.25. The van der Waals surface area contributed by atoms with E-state index in [-0.39, 0.29) is 6.10 Å². The fraction of sp³-hybridized carbons (Fsp3) is 0.412. The molecule has 1 aromatic heterocycles. The molecule has 3 nitrogen and oxygen atoms in total. The van der Waals surface area contributed by atoms with Crippen molar-refractivity contribution < 1.29 is 9.84 Å². The predicted octanol–water partition coefficient (Wildman–Crippen LogP) is 3.30. The van der Waals surface area contributed by atoms with Crippen molar-refractivity contribution in [3.05, 3.63) is 53.3 Å². The molecule has 0 amide bonds. The first kappa shape index (κ1) is 13.3. The molecule has 1 heterocycles. The van der Waals surface area contributed by atoms with Crippen LogP contribution in [0.1, 0.15) is 42.1 Å². The molecule has 3 rings (SSSR count). The van der Waals surface area contributed by atoms with E-state index in [4.69, 9.17) is 4.74 Å². The maximum absolute atomic E-state index is 10.2. The Balaban J connectivity index is 1.83. The van der Waals surface area contributed by atoms with Gasteiger partial charge in [-0.25, -0.2) is 0 Å². The Hall–Kier alpha value is -1.74. The van der Waals surface area contributed by atoms with Crippen molar-refractivity contribution in [3.63, 3.8) is 0 Å². The zero-order valence-corrected chi connectivity index (χ0v) is 11.9. The summed E-state index contributed by atoms with van der Waals surface area (Å²) in [5.41, 5.74) is 3.63. The second-order valence-electron chi connectivity index (χ2n) is 5.52. The number of hydrogen-bond acceptors (Lipinski definition) is 2. The molecule has 1 N–H and O–H groups in total. The standard InChI is InChI=1S/C17H21NO2/c1-20-15-7-4-5-13(9-15)10-18-11-14-6-2-3-8-17(19)16(14)12-18/h4-5,7,9,11-12,17,19H,2-3,6,8,10H2,1H3. The molecule has 1 unspecified atom stereocenters. The van der Waals surface area contributed by atoms with Crippen molar-refractivity contribution in [2.45, 2.75) is 38.3 Å². The molecule has 2 aromatic rings. The first-order valence-corrected chi connectivity index (χ1v) is 7.26. The molecule has 1 aromatic carbocycles. The molecule has 0 saturated carbocycles. The van der Waals surface area contributed by atoms with Gasteiger partial charge < -0.3 is 14.4 Å². The van der Waals surface area contributed by atoms with E-state index in [1.807, 2.05) is 12.1 Å². The Labute approximate surface area is 119 Å². The van der Waals surface area contributed by atoms with Crippen molar-refractivity contribution in [2.24, 2.45) is 0 Å². The first-order chi connectivity index (χ1) is 9.76. The molecule has 0 radical (unpaired) electrons. The van der Waals surface area contributed by atoms with Gasteiger partial charge in [-0.1, -0.05) is 18.6 Å². The number of aliphatic hydroxyl groups is 1. The minimum atomic E-state index is -0.293. The quantitative estimate of drug-likeness (QED) is 0.869. The van der Waals surface area contributed by atoms with E-state index in [1.54, 1.807) is 7.11 Å². The number of benzene rings is 1. The van der Waals surface area contributed by atoms with E-state index in [9.17, 15) is 5.11 Å². The lowest BCUT2D eigenvalue weighted by atomic mass is 10.1. The number of methoxy groups -OCH3 is 1. The van der Waals surface area contributed by atoms with Crippen LogP contribution in [0, 0.1) is 0 Å². The summed E-state index contributed by atoms with van der Waals surface area (Å²) in [6.45, 7) is 0.816. The lowest BCUT2D eigenvalue weighted by Gasteiger charge is -2.07. The lowest BCUT2D eigenvalue weighted by Crippen LogP contribution is -1.98. The zero-order valence-electron chi connectivity index (χ0n) is 11.9. The molecule has 0 aliphatic heterocycles.